The van der Waals surface area contributed by atoms with Gasteiger partial charge < -0.3 is 5.11 Å². The molecule has 0 aliphatic carbocycles. The van der Waals surface area contributed by atoms with Gasteiger partial charge in [0, 0.05) is 29.6 Å². The molecule has 0 amide bonds. The molecule has 0 aliphatic rings. The Labute approximate surface area is 121 Å². The number of rotatable bonds is 4. The lowest BCUT2D eigenvalue weighted by atomic mass is 10.1. The maximum absolute atomic E-state index is 13.9. The third-order valence-electron chi connectivity index (χ3n) is 2.72. The number of thiazole rings is 1. The number of aliphatic hydroxyl groups is 1. The molecular formula is C15H15FN2OS. The van der Waals surface area contributed by atoms with Gasteiger partial charge in [-0.3, -0.25) is 4.90 Å². The largest absolute Gasteiger partial charge is 0.384 e. The molecule has 0 atom stereocenters. The molecule has 1 aromatic carbocycles. The highest BCUT2D eigenvalue weighted by molar-refractivity contribution is 7.07. The summed E-state index contributed by atoms with van der Waals surface area (Å²) >= 11 is 1.55. The van der Waals surface area contributed by atoms with Crippen LogP contribution in [0.4, 0.5) is 4.39 Å². The van der Waals surface area contributed by atoms with Gasteiger partial charge in [0.25, 0.3) is 0 Å². The van der Waals surface area contributed by atoms with Crippen molar-refractivity contribution in [3.63, 3.8) is 0 Å². The topological polar surface area (TPSA) is 36.4 Å². The maximum Gasteiger partial charge on any atom is 0.128 e. The second kappa shape index (κ2) is 7.15. The van der Waals surface area contributed by atoms with Crippen LogP contribution in [0.5, 0.6) is 0 Å². The molecule has 2 rings (SSSR count). The number of aliphatic hydroxyl groups excluding tert-OH is 1. The van der Waals surface area contributed by atoms with Gasteiger partial charge >= 0.3 is 0 Å². The van der Waals surface area contributed by atoms with Crippen molar-refractivity contribution in [2.24, 2.45) is 0 Å². The molecule has 0 fully saturated rings. The minimum atomic E-state index is -0.278. The monoisotopic (exact) mass is 290 g/mol. The van der Waals surface area contributed by atoms with Crippen LogP contribution in [-0.4, -0.2) is 28.6 Å². The van der Waals surface area contributed by atoms with Crippen molar-refractivity contribution in [1.29, 1.82) is 0 Å². The third kappa shape index (κ3) is 4.14. The standard InChI is InChI=1S/C15H15FN2OS/c1-18(9-14-10-20-11-17-14)8-13-5-4-12(3-2-6-19)7-15(13)16/h4-5,7,10-11,19H,6,8-9H2,1H3. The number of hydrogen-bond acceptors (Lipinski definition) is 4. The van der Waals surface area contributed by atoms with Crippen LogP contribution < -0.4 is 0 Å². The van der Waals surface area contributed by atoms with Crippen LogP contribution in [0.2, 0.25) is 0 Å². The number of nitrogens with zero attached hydrogens (tertiary/aromatic N) is 2. The molecule has 20 heavy (non-hydrogen) atoms. The summed E-state index contributed by atoms with van der Waals surface area (Å²) in [6, 6.07) is 4.89. The number of aromatic nitrogens is 1. The fraction of sp³-hybridized carbons (Fsp3) is 0.267. The van der Waals surface area contributed by atoms with Crippen molar-refractivity contribution in [2.75, 3.05) is 13.7 Å². The van der Waals surface area contributed by atoms with Crippen LogP contribution in [0, 0.1) is 17.7 Å². The fourth-order valence-electron chi connectivity index (χ4n) is 1.83. The average molecular weight is 290 g/mol. The zero-order valence-electron chi connectivity index (χ0n) is 11.1. The van der Waals surface area contributed by atoms with Gasteiger partial charge in [0.15, 0.2) is 0 Å². The van der Waals surface area contributed by atoms with Gasteiger partial charge in [0.05, 0.1) is 11.2 Å². The first-order chi connectivity index (χ1) is 9.69. The van der Waals surface area contributed by atoms with Gasteiger partial charge in [-0.2, -0.15) is 0 Å². The Hall–Kier alpha value is -1.74. The summed E-state index contributed by atoms with van der Waals surface area (Å²) in [7, 11) is 1.93. The highest BCUT2D eigenvalue weighted by Gasteiger charge is 2.07. The van der Waals surface area contributed by atoms with Crippen LogP contribution in [0.25, 0.3) is 0 Å². The van der Waals surface area contributed by atoms with Crippen molar-refractivity contribution < 1.29 is 9.50 Å². The molecule has 0 saturated heterocycles. The van der Waals surface area contributed by atoms with Crippen molar-refractivity contribution in [3.05, 3.63) is 51.7 Å². The molecule has 1 heterocycles. The normalized spacial score (nSPS) is 10.4. The Morgan fingerprint density at radius 1 is 1.40 bits per heavy atom. The lowest BCUT2D eigenvalue weighted by Crippen LogP contribution is -2.18. The molecule has 0 radical (unpaired) electrons. The van der Waals surface area contributed by atoms with Gasteiger partial charge in [0.1, 0.15) is 12.4 Å². The number of benzene rings is 1. The van der Waals surface area contributed by atoms with E-state index in [0.29, 0.717) is 24.2 Å². The van der Waals surface area contributed by atoms with Gasteiger partial charge in [-0.25, -0.2) is 9.37 Å². The lowest BCUT2D eigenvalue weighted by Gasteiger charge is -2.15. The third-order valence-corrected chi connectivity index (χ3v) is 3.36. The van der Waals surface area contributed by atoms with Crippen molar-refractivity contribution in [3.8, 4) is 11.8 Å². The van der Waals surface area contributed by atoms with Crippen molar-refractivity contribution in [1.82, 2.24) is 9.88 Å². The van der Waals surface area contributed by atoms with E-state index >= 15 is 0 Å². The summed E-state index contributed by atoms with van der Waals surface area (Å²) < 4.78 is 13.9. The smallest absolute Gasteiger partial charge is 0.128 e. The van der Waals surface area contributed by atoms with E-state index in [9.17, 15) is 4.39 Å². The molecule has 1 N–H and O–H groups in total. The molecule has 0 saturated carbocycles. The van der Waals surface area contributed by atoms with Gasteiger partial charge in [-0.05, 0) is 19.2 Å². The molecule has 104 valence electrons. The fourth-order valence-corrected chi connectivity index (χ4v) is 2.38. The molecule has 3 nitrogen and oxygen atoms in total. The van der Waals surface area contributed by atoms with E-state index in [0.717, 1.165) is 5.69 Å². The molecule has 5 heteroatoms. The molecule has 0 spiro atoms. The van der Waals surface area contributed by atoms with E-state index in [2.05, 4.69) is 16.8 Å². The number of halogens is 1. The molecule has 0 aliphatic heterocycles. The van der Waals surface area contributed by atoms with Gasteiger partial charge in [-0.15, -0.1) is 11.3 Å². The van der Waals surface area contributed by atoms with Crippen LogP contribution in [0.15, 0.2) is 29.1 Å². The summed E-state index contributed by atoms with van der Waals surface area (Å²) in [6.45, 7) is 0.978. The Morgan fingerprint density at radius 3 is 2.90 bits per heavy atom. The van der Waals surface area contributed by atoms with E-state index in [4.69, 9.17) is 5.11 Å². The lowest BCUT2D eigenvalue weighted by molar-refractivity contribution is 0.310. The van der Waals surface area contributed by atoms with Crippen LogP contribution in [0.1, 0.15) is 16.8 Å². The van der Waals surface area contributed by atoms with Crippen molar-refractivity contribution >= 4 is 11.3 Å². The summed E-state index contributed by atoms with van der Waals surface area (Å²) in [4.78, 5) is 6.22. The quantitative estimate of drug-likeness (QED) is 0.878. The van der Waals surface area contributed by atoms with Crippen molar-refractivity contribution in [2.45, 2.75) is 13.1 Å². The van der Waals surface area contributed by atoms with Crippen LogP contribution in [-0.2, 0) is 13.1 Å². The Bertz CT molecular complexity index is 617. The van der Waals surface area contributed by atoms with Gasteiger partial charge in [-0.1, -0.05) is 17.9 Å². The molecular weight excluding hydrogens is 275 g/mol. The highest BCUT2D eigenvalue weighted by atomic mass is 32.1. The van der Waals surface area contributed by atoms with Crippen LogP contribution in [0.3, 0.4) is 0 Å². The number of hydrogen-bond donors (Lipinski definition) is 1. The molecule has 1 aromatic heterocycles. The summed E-state index contributed by atoms with van der Waals surface area (Å²) in [6.07, 6.45) is 0. The highest BCUT2D eigenvalue weighted by Crippen LogP contribution is 2.13. The Kier molecular flexibility index (Phi) is 5.24. The second-order valence-electron chi connectivity index (χ2n) is 4.42. The predicted molar refractivity (Wildman–Crippen MR) is 77.6 cm³/mol. The Balaban J connectivity index is 2.02. The zero-order valence-corrected chi connectivity index (χ0v) is 12.0. The average Bonchev–Trinajstić information content (AvgIpc) is 2.92. The first-order valence-electron chi connectivity index (χ1n) is 6.13. The van der Waals surface area contributed by atoms with E-state index in [1.165, 1.54) is 6.07 Å². The minimum Gasteiger partial charge on any atom is -0.384 e. The first kappa shape index (κ1) is 14.7. The summed E-state index contributed by atoms with van der Waals surface area (Å²) in [5.74, 6) is 4.92. The molecule has 0 unspecified atom stereocenters. The van der Waals surface area contributed by atoms with E-state index < -0.39 is 0 Å². The zero-order chi connectivity index (χ0) is 14.4. The summed E-state index contributed by atoms with van der Waals surface area (Å²) in [5, 5.41) is 10.6. The Morgan fingerprint density at radius 2 is 2.25 bits per heavy atom. The minimum absolute atomic E-state index is 0.222. The molecule has 2 aromatic rings. The van der Waals surface area contributed by atoms with E-state index in [1.54, 1.807) is 29.0 Å². The van der Waals surface area contributed by atoms with Crippen LogP contribution >= 0.6 is 11.3 Å². The summed E-state index contributed by atoms with van der Waals surface area (Å²) in [5.41, 5.74) is 3.97. The van der Waals surface area contributed by atoms with E-state index in [1.807, 2.05) is 17.3 Å². The first-order valence-corrected chi connectivity index (χ1v) is 7.07. The predicted octanol–water partition coefficient (Wildman–Crippen LogP) is 2.26. The molecule has 0 bridgehead atoms. The maximum atomic E-state index is 13.9. The SMILES string of the molecule is CN(Cc1cscn1)Cc1ccc(C#CCO)cc1F. The van der Waals surface area contributed by atoms with Gasteiger partial charge in [0.2, 0.25) is 0 Å². The second-order valence-corrected chi connectivity index (χ2v) is 5.14. The van der Waals surface area contributed by atoms with E-state index in [-0.39, 0.29) is 12.4 Å².